The summed E-state index contributed by atoms with van der Waals surface area (Å²) in [5.41, 5.74) is 1.53. The SMILES string of the molecule is CN(CC(=O)Nc1ccc(F)c(F)c1F)c1nc(-c2cccnc2)nc2sc3c(c12)CCCC3. The molecule has 0 aliphatic heterocycles. The van der Waals surface area contributed by atoms with Crippen LogP contribution < -0.4 is 10.2 Å². The first-order valence-corrected chi connectivity index (χ1v) is 11.6. The number of aryl methyl sites for hydroxylation is 2. The summed E-state index contributed by atoms with van der Waals surface area (Å²) in [6.07, 6.45) is 7.44. The molecular weight excluding hydrogens is 463 g/mol. The number of likely N-dealkylation sites (N-methyl/N-ethyl adjacent to an activating group) is 1. The van der Waals surface area contributed by atoms with Crippen molar-refractivity contribution in [3.05, 3.63) is 64.6 Å². The molecule has 0 radical (unpaired) electrons. The fraction of sp³-hybridized carbons (Fsp3) is 0.250. The van der Waals surface area contributed by atoms with E-state index < -0.39 is 29.0 Å². The van der Waals surface area contributed by atoms with Crippen molar-refractivity contribution in [3.8, 4) is 11.4 Å². The van der Waals surface area contributed by atoms with Gasteiger partial charge in [-0.3, -0.25) is 9.78 Å². The molecule has 1 aromatic carbocycles. The standard InChI is InChI=1S/C24H20F3N5OS/c1-32(12-18(33)29-16-9-8-15(25)20(26)21(16)27)23-19-14-6-2-3-7-17(14)34-24(19)31-22(30-23)13-5-4-10-28-11-13/h4-5,8-11H,2-3,6-7,12H2,1H3,(H,29,33). The molecule has 0 saturated heterocycles. The first kappa shape index (κ1) is 22.3. The fourth-order valence-corrected chi connectivity index (χ4v) is 5.40. The van der Waals surface area contributed by atoms with E-state index in [1.165, 1.54) is 10.4 Å². The molecule has 6 nitrogen and oxygen atoms in total. The van der Waals surface area contributed by atoms with Gasteiger partial charge in [-0.1, -0.05) is 0 Å². The number of carbonyl (C=O) groups excluding carboxylic acids is 1. The topological polar surface area (TPSA) is 71.0 Å². The number of anilines is 2. The number of hydrogen-bond acceptors (Lipinski definition) is 6. The maximum atomic E-state index is 14.0. The molecule has 0 atom stereocenters. The number of pyridine rings is 1. The molecule has 0 bridgehead atoms. The van der Waals surface area contributed by atoms with E-state index >= 15 is 0 Å². The fourth-order valence-electron chi connectivity index (χ4n) is 4.14. The van der Waals surface area contributed by atoms with Crippen LogP contribution in [0.2, 0.25) is 0 Å². The average molecular weight is 484 g/mol. The lowest BCUT2D eigenvalue weighted by Crippen LogP contribution is -2.31. The predicted molar refractivity (Wildman–Crippen MR) is 126 cm³/mol. The predicted octanol–water partition coefficient (Wildman–Crippen LogP) is 5.12. The van der Waals surface area contributed by atoms with Crippen molar-refractivity contribution in [1.29, 1.82) is 0 Å². The number of benzene rings is 1. The van der Waals surface area contributed by atoms with Gasteiger partial charge in [-0.05, 0) is 55.5 Å². The van der Waals surface area contributed by atoms with E-state index in [0.29, 0.717) is 11.6 Å². The number of halogens is 3. The minimum atomic E-state index is -1.63. The van der Waals surface area contributed by atoms with E-state index in [2.05, 4.69) is 10.3 Å². The lowest BCUT2D eigenvalue weighted by Gasteiger charge is -2.21. The van der Waals surface area contributed by atoms with Crippen molar-refractivity contribution in [3.63, 3.8) is 0 Å². The molecular formula is C24H20F3N5OS. The van der Waals surface area contributed by atoms with E-state index in [1.54, 1.807) is 41.7 Å². The van der Waals surface area contributed by atoms with Gasteiger partial charge in [0.25, 0.3) is 0 Å². The first-order valence-electron chi connectivity index (χ1n) is 10.8. The Hall–Kier alpha value is -3.53. The van der Waals surface area contributed by atoms with Gasteiger partial charge < -0.3 is 10.2 Å². The summed E-state index contributed by atoms with van der Waals surface area (Å²) in [6, 6.07) is 5.42. The minimum Gasteiger partial charge on any atom is -0.350 e. The zero-order valence-corrected chi connectivity index (χ0v) is 19.1. The molecule has 0 fully saturated rings. The Kier molecular flexibility index (Phi) is 5.91. The van der Waals surface area contributed by atoms with Gasteiger partial charge in [0.1, 0.15) is 10.6 Å². The third kappa shape index (κ3) is 4.09. The van der Waals surface area contributed by atoms with Crippen LogP contribution in [0.3, 0.4) is 0 Å². The van der Waals surface area contributed by atoms with Gasteiger partial charge in [-0.15, -0.1) is 11.3 Å². The molecule has 0 saturated carbocycles. The summed E-state index contributed by atoms with van der Waals surface area (Å²) in [4.78, 5) is 30.2. The van der Waals surface area contributed by atoms with Crippen LogP contribution in [0, 0.1) is 17.5 Å². The lowest BCUT2D eigenvalue weighted by atomic mass is 9.97. The van der Waals surface area contributed by atoms with Crippen LogP contribution in [0.25, 0.3) is 21.6 Å². The number of hydrogen-bond donors (Lipinski definition) is 1. The number of nitrogens with zero attached hydrogens (tertiary/aromatic N) is 4. The molecule has 3 heterocycles. The van der Waals surface area contributed by atoms with Gasteiger partial charge in [0.15, 0.2) is 23.3 Å². The monoisotopic (exact) mass is 483 g/mol. The van der Waals surface area contributed by atoms with Crippen molar-refractivity contribution >= 4 is 39.0 Å². The Morgan fingerprint density at radius 1 is 1.12 bits per heavy atom. The van der Waals surface area contributed by atoms with Gasteiger partial charge in [0, 0.05) is 29.9 Å². The summed E-state index contributed by atoms with van der Waals surface area (Å²) < 4.78 is 40.8. The molecule has 1 aliphatic carbocycles. The van der Waals surface area contributed by atoms with Crippen LogP contribution >= 0.6 is 11.3 Å². The Labute approximate surface area is 197 Å². The van der Waals surface area contributed by atoms with E-state index in [0.717, 1.165) is 53.6 Å². The van der Waals surface area contributed by atoms with Crippen LogP contribution in [0.15, 0.2) is 36.7 Å². The molecule has 34 heavy (non-hydrogen) atoms. The molecule has 3 aromatic heterocycles. The highest BCUT2D eigenvalue weighted by atomic mass is 32.1. The van der Waals surface area contributed by atoms with Crippen molar-refractivity contribution in [2.75, 3.05) is 23.8 Å². The first-order chi connectivity index (χ1) is 16.4. The highest BCUT2D eigenvalue weighted by Gasteiger charge is 2.24. The van der Waals surface area contributed by atoms with Gasteiger partial charge in [0.05, 0.1) is 17.6 Å². The summed E-state index contributed by atoms with van der Waals surface area (Å²) in [6.45, 7) is -0.179. The van der Waals surface area contributed by atoms with Crippen molar-refractivity contribution in [2.45, 2.75) is 25.7 Å². The van der Waals surface area contributed by atoms with E-state index in [-0.39, 0.29) is 6.54 Å². The summed E-state index contributed by atoms with van der Waals surface area (Å²) in [7, 11) is 1.71. The van der Waals surface area contributed by atoms with Crippen LogP contribution in [0.5, 0.6) is 0 Å². The summed E-state index contributed by atoms with van der Waals surface area (Å²) >= 11 is 1.64. The van der Waals surface area contributed by atoms with Gasteiger partial charge in [0.2, 0.25) is 5.91 Å². The van der Waals surface area contributed by atoms with Crippen molar-refractivity contribution in [2.24, 2.45) is 0 Å². The highest BCUT2D eigenvalue weighted by molar-refractivity contribution is 7.19. The van der Waals surface area contributed by atoms with E-state index in [9.17, 15) is 18.0 Å². The molecule has 0 unspecified atom stereocenters. The molecule has 1 amide bonds. The molecule has 174 valence electrons. The Bertz CT molecular complexity index is 1390. The highest BCUT2D eigenvalue weighted by Crippen LogP contribution is 2.40. The summed E-state index contributed by atoms with van der Waals surface area (Å²) in [5, 5.41) is 3.23. The normalized spacial score (nSPS) is 13.1. The largest absolute Gasteiger partial charge is 0.350 e. The Morgan fingerprint density at radius 2 is 1.94 bits per heavy atom. The Morgan fingerprint density at radius 3 is 2.74 bits per heavy atom. The number of thiophene rings is 1. The second-order valence-corrected chi connectivity index (χ2v) is 9.21. The number of rotatable bonds is 5. The number of fused-ring (bicyclic) bond motifs is 3. The van der Waals surface area contributed by atoms with Crippen molar-refractivity contribution in [1.82, 2.24) is 15.0 Å². The molecule has 1 N–H and O–H groups in total. The number of amides is 1. The Balaban J connectivity index is 1.50. The van der Waals surface area contributed by atoms with Gasteiger partial charge in [-0.2, -0.15) is 0 Å². The second-order valence-electron chi connectivity index (χ2n) is 8.13. The number of carbonyl (C=O) groups is 1. The summed E-state index contributed by atoms with van der Waals surface area (Å²) in [5.74, 6) is -3.90. The molecule has 5 rings (SSSR count). The average Bonchev–Trinajstić information content (AvgIpc) is 3.23. The maximum absolute atomic E-state index is 14.0. The zero-order valence-electron chi connectivity index (χ0n) is 18.2. The molecule has 0 spiro atoms. The quantitative estimate of drug-likeness (QED) is 0.399. The molecule has 10 heteroatoms. The minimum absolute atomic E-state index is 0.179. The van der Waals surface area contributed by atoms with Crippen molar-refractivity contribution < 1.29 is 18.0 Å². The molecule has 4 aromatic rings. The van der Waals surface area contributed by atoms with Crippen LogP contribution in [0.1, 0.15) is 23.3 Å². The third-order valence-electron chi connectivity index (χ3n) is 5.77. The smallest absolute Gasteiger partial charge is 0.244 e. The number of nitrogens with one attached hydrogen (secondary N) is 1. The number of aromatic nitrogens is 3. The van der Waals surface area contributed by atoms with E-state index in [1.807, 2.05) is 6.07 Å². The van der Waals surface area contributed by atoms with Gasteiger partial charge in [-0.25, -0.2) is 23.1 Å². The van der Waals surface area contributed by atoms with Gasteiger partial charge >= 0.3 is 0 Å². The lowest BCUT2D eigenvalue weighted by molar-refractivity contribution is -0.114. The van der Waals surface area contributed by atoms with Crippen LogP contribution in [-0.4, -0.2) is 34.5 Å². The second kappa shape index (κ2) is 9.02. The molecule has 1 aliphatic rings. The van der Waals surface area contributed by atoms with Crippen LogP contribution in [-0.2, 0) is 17.6 Å². The van der Waals surface area contributed by atoms with E-state index in [4.69, 9.17) is 9.97 Å². The maximum Gasteiger partial charge on any atom is 0.244 e. The van der Waals surface area contributed by atoms with Crippen LogP contribution in [0.4, 0.5) is 24.7 Å². The zero-order chi connectivity index (χ0) is 23.8. The third-order valence-corrected chi connectivity index (χ3v) is 6.95.